The number of thiazole rings is 1. The minimum absolute atomic E-state index is 0.0451. The average Bonchev–Trinajstić information content (AvgIpc) is 1.80. The number of pyridine rings is 3. The largest absolute Gasteiger partial charge is 0.619 e. The Balaban J connectivity index is 0.000000248. The van der Waals surface area contributed by atoms with Gasteiger partial charge < -0.3 is 28.6 Å². The van der Waals surface area contributed by atoms with E-state index in [0.29, 0.717) is 5.92 Å². The zero-order valence-electron chi connectivity index (χ0n) is 69.1. The molecule has 0 radical (unpaired) electrons. The number of hydrogen-bond donors (Lipinski definition) is 3. The maximum Gasteiger partial charge on any atom is 0.199 e. The fraction of sp³-hybridized carbons (Fsp3) is 0.433. The molecule has 0 aliphatic heterocycles. The maximum absolute atomic E-state index is 10.9. The summed E-state index contributed by atoms with van der Waals surface area (Å²) in [4.78, 5) is 27.0. The molecule has 3 aromatic carbocycles. The molecule has 0 spiro atoms. The number of aromatic nitrogens is 11. The lowest BCUT2D eigenvalue weighted by Crippen LogP contribution is -2.27. The van der Waals surface area contributed by atoms with Crippen molar-refractivity contribution in [2.45, 2.75) is 256 Å². The van der Waals surface area contributed by atoms with Gasteiger partial charge in [-0.25, -0.2) is 15.0 Å². The lowest BCUT2D eigenvalue weighted by Gasteiger charge is -2.22. The van der Waals surface area contributed by atoms with Gasteiger partial charge in [-0.1, -0.05) is 235 Å². The highest BCUT2D eigenvalue weighted by atomic mass is 32.1. The molecule has 14 nitrogen and oxygen atoms in total. The number of nitrogens with one attached hydrogen (secondary N) is 3. The number of aromatic amines is 3. The van der Waals surface area contributed by atoms with E-state index in [2.05, 4.69) is 348 Å². The van der Waals surface area contributed by atoms with Crippen molar-refractivity contribution >= 4 is 44.0 Å². The number of furan rings is 1. The Morgan fingerprint density at radius 3 is 1.61 bits per heavy atom. The summed E-state index contributed by atoms with van der Waals surface area (Å²) in [5, 5.41) is 24.5. The highest BCUT2D eigenvalue weighted by Gasteiger charge is 2.22. The predicted octanol–water partition coefficient (Wildman–Crippen LogP) is 24.6. The van der Waals surface area contributed by atoms with Crippen LogP contribution < -0.4 is 4.73 Å². The second-order valence-corrected chi connectivity index (χ2v) is 36.4. The van der Waals surface area contributed by atoms with Gasteiger partial charge in [0.1, 0.15) is 24.2 Å². The molecular formula is C90H127N11O3S. The molecule has 566 valence electrons. The third kappa shape index (κ3) is 31.2. The van der Waals surface area contributed by atoms with Crippen molar-refractivity contribution in [3.8, 4) is 0 Å². The quantitative estimate of drug-likeness (QED) is 0.106. The number of hydrogen-bond acceptors (Lipinski definition) is 10. The van der Waals surface area contributed by atoms with Gasteiger partial charge in [0.2, 0.25) is 0 Å². The van der Waals surface area contributed by atoms with Gasteiger partial charge in [-0.15, -0.1) is 11.3 Å². The van der Waals surface area contributed by atoms with Crippen LogP contribution in [-0.2, 0) is 48.9 Å². The molecule has 13 aromatic rings. The minimum Gasteiger partial charge on any atom is -0.619 e. The molecule has 0 saturated carbocycles. The van der Waals surface area contributed by atoms with Crippen molar-refractivity contribution in [2.24, 2.45) is 0 Å². The normalized spacial score (nSPS) is 11.8. The lowest BCUT2D eigenvalue weighted by molar-refractivity contribution is -0.606. The molecule has 3 N–H and O–H groups in total. The van der Waals surface area contributed by atoms with Crippen molar-refractivity contribution in [3.63, 3.8) is 0 Å². The van der Waals surface area contributed by atoms with Crippen molar-refractivity contribution in [2.75, 3.05) is 0 Å². The van der Waals surface area contributed by atoms with Gasteiger partial charge in [-0.3, -0.25) is 15.1 Å². The van der Waals surface area contributed by atoms with Crippen LogP contribution in [0.1, 0.15) is 257 Å². The number of rotatable bonds is 1. The van der Waals surface area contributed by atoms with E-state index < -0.39 is 0 Å². The SMILES string of the molecule is CC(C)(C)c1ccc2cc[nH]c2c1.CC(C)(C)c1ccc[n+]([O-])c1.CC(C)(C)c1ccc[nH]1.CC(C)(C)c1cccc2ncccc12.CC(C)(C)c1ccco1.CC(C)(C)c1ncco1.CC(C)(C)c1nccs1.CC(C)(C)c1ncn[nH]1.CC(C)(C)n1ccc2ccccc21.CC(C)c1cccnc1. The van der Waals surface area contributed by atoms with Crippen LogP contribution in [-0.4, -0.2) is 49.7 Å². The van der Waals surface area contributed by atoms with Gasteiger partial charge in [-0.2, -0.15) is 9.83 Å². The van der Waals surface area contributed by atoms with Crippen LogP contribution >= 0.6 is 11.3 Å². The molecule has 0 atom stereocenters. The van der Waals surface area contributed by atoms with E-state index in [-0.39, 0.29) is 48.9 Å². The number of fused-ring (bicyclic) bond motifs is 3. The molecule has 13 rings (SSSR count). The van der Waals surface area contributed by atoms with Crippen LogP contribution in [0.2, 0.25) is 0 Å². The molecular weight excluding hydrogens is 1320 g/mol. The van der Waals surface area contributed by atoms with E-state index in [1.165, 1.54) is 67.1 Å². The molecule has 0 aliphatic carbocycles. The molecule has 15 heteroatoms. The topological polar surface area (TPSA) is 183 Å². The summed E-state index contributed by atoms with van der Waals surface area (Å²) < 4.78 is 13.4. The summed E-state index contributed by atoms with van der Waals surface area (Å²) in [5.41, 5.74) is 11.5. The van der Waals surface area contributed by atoms with E-state index in [0.717, 1.165) is 33.3 Å². The molecule has 0 aliphatic rings. The Morgan fingerprint density at radius 2 is 1.18 bits per heavy atom. The first-order valence-electron chi connectivity index (χ1n) is 36.5. The van der Waals surface area contributed by atoms with Crippen molar-refractivity contribution < 1.29 is 13.6 Å². The second-order valence-electron chi connectivity index (χ2n) is 35.5. The van der Waals surface area contributed by atoms with Crippen molar-refractivity contribution in [1.82, 2.24) is 49.7 Å². The number of benzene rings is 3. The number of oxazole rings is 1. The van der Waals surface area contributed by atoms with Crippen LogP contribution in [0.15, 0.2) is 228 Å². The number of H-pyrrole nitrogens is 3. The third-order valence-electron chi connectivity index (χ3n) is 16.1. The van der Waals surface area contributed by atoms with Gasteiger partial charge in [-0.05, 0) is 143 Å². The molecule has 0 fully saturated rings. The number of para-hydroxylation sites is 1. The van der Waals surface area contributed by atoms with Gasteiger partial charge >= 0.3 is 0 Å². The summed E-state index contributed by atoms with van der Waals surface area (Å²) in [6.07, 6.45) is 23.1. The third-order valence-corrected chi connectivity index (χ3v) is 17.3. The van der Waals surface area contributed by atoms with Gasteiger partial charge in [0.05, 0.1) is 23.0 Å². The maximum atomic E-state index is 10.9. The molecule has 0 amide bonds. The van der Waals surface area contributed by atoms with Crippen molar-refractivity contribution in [1.29, 1.82) is 0 Å². The van der Waals surface area contributed by atoms with E-state index in [1.54, 1.807) is 48.5 Å². The molecule has 10 aromatic heterocycles. The Labute approximate surface area is 634 Å². The first kappa shape index (κ1) is 88.2. The van der Waals surface area contributed by atoms with E-state index in [9.17, 15) is 5.21 Å². The predicted molar refractivity (Wildman–Crippen MR) is 445 cm³/mol. The zero-order valence-corrected chi connectivity index (χ0v) is 69.9. The van der Waals surface area contributed by atoms with Crippen LogP contribution in [0.25, 0.3) is 32.7 Å². The zero-order chi connectivity index (χ0) is 78.8. The summed E-state index contributed by atoms with van der Waals surface area (Å²) >= 11 is 1.72. The molecule has 10 heterocycles. The van der Waals surface area contributed by atoms with E-state index in [1.807, 2.05) is 72.8 Å². The fourth-order valence-corrected chi connectivity index (χ4v) is 10.5. The summed E-state index contributed by atoms with van der Waals surface area (Å²) in [5.74, 6) is 3.37. The van der Waals surface area contributed by atoms with E-state index >= 15 is 0 Å². The van der Waals surface area contributed by atoms with E-state index in [4.69, 9.17) is 8.83 Å². The van der Waals surface area contributed by atoms with Gasteiger partial charge in [0, 0.05) is 115 Å². The Kier molecular flexibility index (Phi) is 32.5. The first-order valence-corrected chi connectivity index (χ1v) is 37.4. The summed E-state index contributed by atoms with van der Waals surface area (Å²) in [6.45, 7) is 62.6. The molecule has 0 bridgehead atoms. The molecule has 105 heavy (non-hydrogen) atoms. The van der Waals surface area contributed by atoms with Crippen LogP contribution in [0.4, 0.5) is 0 Å². The minimum atomic E-state index is 0.0451. The molecule has 0 unspecified atom stereocenters. The average molecular weight is 1440 g/mol. The highest BCUT2D eigenvalue weighted by Crippen LogP contribution is 2.31. The standard InChI is InChI=1S/C13H15N.2C12H15N.C9H13NO.C8H13N.C8H11N.C8H12O.C7H11NO.C7H11NS.C6H11N3/c1-13(2,3)11-7-4-8-12-10(11)6-5-9-14-12;1-12(2,3)10-5-4-9-6-7-13-11(9)8-10;1-12(2,3)13-9-8-10-6-4-5-7-11(10)13;1-9(2,3)8-5-4-6-10(11)7-8;1-8(2,3)7-5-4-6-9-7;1-7(2)8-4-3-5-9-6-8;1-8(2,3)7-5-4-6-9-7;2*1-7(2,3)6-8-4-5-9-6;1-6(2,3)5-7-4-8-9-5/h4-9H,1-3H3;4-8,13H,1-3H3;4-9H,1-3H3;4-7H,1-3H3;4-6,9H,1-3H3;3-7H,1-2H3;4-6H,1-3H3;2*4-5H,1-3H3;4H,1-3H3,(H,7,8,9). The van der Waals surface area contributed by atoms with Gasteiger partial charge in [0.25, 0.3) is 0 Å². The van der Waals surface area contributed by atoms with Crippen LogP contribution in [0, 0.1) is 5.21 Å². The highest BCUT2D eigenvalue weighted by molar-refractivity contribution is 7.09. The fourth-order valence-electron chi connectivity index (χ4n) is 9.81. The van der Waals surface area contributed by atoms with Crippen molar-refractivity contribution in [3.05, 3.63) is 275 Å². The summed E-state index contributed by atoms with van der Waals surface area (Å²) in [7, 11) is 0. The Morgan fingerprint density at radius 1 is 0.495 bits per heavy atom. The smallest absolute Gasteiger partial charge is 0.199 e. The number of nitrogens with zero attached hydrogens (tertiary/aromatic N) is 8. The van der Waals surface area contributed by atoms with Gasteiger partial charge in [0.15, 0.2) is 18.3 Å². The second kappa shape index (κ2) is 38.7. The first-order chi connectivity index (χ1) is 48.6. The Bertz CT molecular complexity index is 4180. The van der Waals surface area contributed by atoms with Crippen LogP contribution in [0.5, 0.6) is 0 Å². The Hall–Kier alpha value is -9.21. The monoisotopic (exact) mass is 1440 g/mol. The van der Waals surface area contributed by atoms with Crippen LogP contribution in [0.3, 0.4) is 0 Å². The summed E-state index contributed by atoms with van der Waals surface area (Å²) in [6, 6.07) is 45.7. The molecule has 0 saturated heterocycles. The lowest BCUT2D eigenvalue weighted by atomic mass is 9.84.